The zero-order chi connectivity index (χ0) is 7.07. The van der Waals surface area contributed by atoms with Gasteiger partial charge in [0.25, 0.3) is 0 Å². The van der Waals surface area contributed by atoms with E-state index in [1.165, 1.54) is 12.8 Å². The van der Waals surface area contributed by atoms with E-state index >= 15 is 0 Å². The van der Waals surface area contributed by atoms with Crippen LogP contribution in [-0.2, 0) is 5.11 Å². The summed E-state index contributed by atoms with van der Waals surface area (Å²) >= 11 is 0. The maximum Gasteiger partial charge on any atom is 0.101 e. The average Bonchev–Trinajstić information content (AvgIpc) is 2.40. The molecular weight excluding hydrogens is 112 g/mol. The van der Waals surface area contributed by atoms with E-state index < -0.39 is 0 Å². The van der Waals surface area contributed by atoms with Crippen LogP contribution in [0.3, 0.4) is 0 Å². The Morgan fingerprint density at radius 2 is 1.78 bits per heavy atom. The van der Waals surface area contributed by atoms with Gasteiger partial charge in [-0.25, -0.2) is 5.11 Å². The molecule has 1 nitrogen and oxygen atoms in total. The predicted octanol–water partition coefficient (Wildman–Crippen LogP) is 2.24. The van der Waals surface area contributed by atoms with Crippen LogP contribution < -0.4 is 0 Å². The lowest BCUT2D eigenvalue weighted by molar-refractivity contribution is -0.0160. The molecule has 1 unspecified atom stereocenters. The molecule has 0 N–H and O–H groups in total. The fraction of sp³-hybridized carbons (Fsp3) is 1.00. The maximum atomic E-state index is 11.3. The number of rotatable bonds is 1. The topological polar surface area (TPSA) is 19.9 Å². The van der Waals surface area contributed by atoms with Crippen molar-refractivity contribution in [3.63, 3.8) is 0 Å². The van der Waals surface area contributed by atoms with Crippen molar-refractivity contribution in [1.82, 2.24) is 0 Å². The molecular formula is C8H15O. The van der Waals surface area contributed by atoms with Gasteiger partial charge in [-0.15, -0.1) is 0 Å². The van der Waals surface area contributed by atoms with E-state index in [4.69, 9.17) is 0 Å². The van der Waals surface area contributed by atoms with Gasteiger partial charge in [-0.3, -0.25) is 0 Å². The molecule has 0 heterocycles. The second-order valence-corrected chi connectivity index (χ2v) is 4.12. The van der Waals surface area contributed by atoms with Gasteiger partial charge in [0.15, 0.2) is 0 Å². The van der Waals surface area contributed by atoms with E-state index in [0.717, 1.165) is 0 Å². The standard InChI is InChI=1S/C8H15O/c1-8(2,3)7(9)6-4-5-6/h6-7H,4-5H2,1-3H3. The molecule has 1 aliphatic carbocycles. The van der Waals surface area contributed by atoms with Gasteiger partial charge in [-0.05, 0) is 24.2 Å². The lowest BCUT2D eigenvalue weighted by Gasteiger charge is -2.23. The summed E-state index contributed by atoms with van der Waals surface area (Å²) in [6, 6.07) is 0. The van der Waals surface area contributed by atoms with Gasteiger partial charge in [-0.1, -0.05) is 20.8 Å². The van der Waals surface area contributed by atoms with Crippen LogP contribution in [0.4, 0.5) is 0 Å². The lowest BCUT2D eigenvalue weighted by Crippen LogP contribution is -2.26. The quantitative estimate of drug-likeness (QED) is 0.515. The van der Waals surface area contributed by atoms with Crippen LogP contribution in [-0.4, -0.2) is 6.10 Å². The Morgan fingerprint density at radius 1 is 1.33 bits per heavy atom. The van der Waals surface area contributed by atoms with Crippen LogP contribution >= 0.6 is 0 Å². The van der Waals surface area contributed by atoms with Crippen LogP contribution in [0, 0.1) is 11.3 Å². The normalized spacial score (nSPS) is 24.0. The van der Waals surface area contributed by atoms with Crippen molar-refractivity contribution in [2.45, 2.75) is 39.7 Å². The Morgan fingerprint density at radius 3 is 1.89 bits per heavy atom. The fourth-order valence-electron chi connectivity index (χ4n) is 1.11. The summed E-state index contributed by atoms with van der Waals surface area (Å²) < 4.78 is 0. The molecule has 0 saturated heterocycles. The van der Waals surface area contributed by atoms with Gasteiger partial charge < -0.3 is 0 Å². The molecule has 1 atom stereocenters. The van der Waals surface area contributed by atoms with Crippen LogP contribution in [0.5, 0.6) is 0 Å². The van der Waals surface area contributed by atoms with E-state index in [9.17, 15) is 5.11 Å². The third kappa shape index (κ3) is 1.68. The van der Waals surface area contributed by atoms with Gasteiger partial charge >= 0.3 is 0 Å². The maximum absolute atomic E-state index is 11.3. The Bertz CT molecular complexity index is 97.6. The first-order valence-electron chi connectivity index (χ1n) is 3.67. The van der Waals surface area contributed by atoms with Gasteiger partial charge in [0.05, 0.1) is 0 Å². The molecule has 9 heavy (non-hydrogen) atoms. The zero-order valence-electron chi connectivity index (χ0n) is 6.48. The monoisotopic (exact) mass is 127 g/mol. The van der Waals surface area contributed by atoms with E-state index in [0.29, 0.717) is 5.92 Å². The van der Waals surface area contributed by atoms with Crippen molar-refractivity contribution >= 4 is 0 Å². The lowest BCUT2D eigenvalue weighted by atomic mass is 9.86. The summed E-state index contributed by atoms with van der Waals surface area (Å²) in [4.78, 5) is 0. The van der Waals surface area contributed by atoms with Crippen LogP contribution in [0.25, 0.3) is 0 Å². The molecule has 1 saturated carbocycles. The Hall–Kier alpha value is -0.0400. The predicted molar refractivity (Wildman–Crippen MR) is 36.7 cm³/mol. The van der Waals surface area contributed by atoms with Crippen LogP contribution in [0.2, 0.25) is 0 Å². The Labute approximate surface area is 57.1 Å². The highest BCUT2D eigenvalue weighted by Gasteiger charge is 2.38. The Kier molecular flexibility index (Phi) is 1.55. The first-order valence-corrected chi connectivity index (χ1v) is 3.67. The summed E-state index contributed by atoms with van der Waals surface area (Å²) in [5, 5.41) is 11.3. The molecule has 0 aromatic heterocycles. The molecule has 0 amide bonds. The minimum atomic E-state index is -0.322. The third-order valence-electron chi connectivity index (χ3n) is 1.90. The minimum Gasteiger partial charge on any atom is -0.232 e. The van der Waals surface area contributed by atoms with Crippen molar-refractivity contribution in [2.75, 3.05) is 0 Å². The molecule has 1 aliphatic rings. The van der Waals surface area contributed by atoms with Crippen molar-refractivity contribution < 1.29 is 5.11 Å². The van der Waals surface area contributed by atoms with Gasteiger partial charge in [0.2, 0.25) is 0 Å². The zero-order valence-corrected chi connectivity index (χ0v) is 6.48. The molecule has 1 radical (unpaired) electrons. The molecule has 0 spiro atoms. The summed E-state index contributed by atoms with van der Waals surface area (Å²) in [5.41, 5.74) is -0.0127. The smallest absolute Gasteiger partial charge is 0.101 e. The minimum absolute atomic E-state index is 0.0127. The first-order chi connectivity index (χ1) is 4.02. The summed E-state index contributed by atoms with van der Waals surface area (Å²) in [5.74, 6) is 0.505. The van der Waals surface area contributed by atoms with Gasteiger partial charge in [0.1, 0.15) is 6.10 Å². The fourth-order valence-corrected chi connectivity index (χ4v) is 1.11. The van der Waals surface area contributed by atoms with Crippen molar-refractivity contribution in [1.29, 1.82) is 0 Å². The third-order valence-corrected chi connectivity index (χ3v) is 1.90. The molecule has 53 valence electrons. The molecule has 0 aliphatic heterocycles. The highest BCUT2D eigenvalue weighted by molar-refractivity contribution is 4.87. The van der Waals surface area contributed by atoms with Gasteiger partial charge in [0, 0.05) is 0 Å². The second kappa shape index (κ2) is 1.98. The summed E-state index contributed by atoms with van der Waals surface area (Å²) in [6.07, 6.45) is 2.02. The molecule has 0 aromatic rings. The molecule has 1 fully saturated rings. The van der Waals surface area contributed by atoms with Crippen molar-refractivity contribution in [3.8, 4) is 0 Å². The van der Waals surface area contributed by atoms with Crippen molar-refractivity contribution in [2.24, 2.45) is 11.3 Å². The highest BCUT2D eigenvalue weighted by Crippen LogP contribution is 2.40. The molecule has 0 bridgehead atoms. The highest BCUT2D eigenvalue weighted by atomic mass is 16.3. The first kappa shape index (κ1) is 7.07. The van der Waals surface area contributed by atoms with Gasteiger partial charge in [-0.2, -0.15) is 0 Å². The second-order valence-electron chi connectivity index (χ2n) is 4.12. The number of hydrogen-bond donors (Lipinski definition) is 0. The number of hydrogen-bond acceptors (Lipinski definition) is 0. The molecule has 0 aromatic carbocycles. The van der Waals surface area contributed by atoms with E-state index in [-0.39, 0.29) is 11.5 Å². The Balaban J connectivity index is 2.40. The molecule has 1 rings (SSSR count). The summed E-state index contributed by atoms with van der Waals surface area (Å²) in [6.45, 7) is 6.09. The SMILES string of the molecule is CC(C)(C)C([O])C1CC1. The van der Waals surface area contributed by atoms with Crippen LogP contribution in [0.15, 0.2) is 0 Å². The van der Waals surface area contributed by atoms with E-state index in [1.54, 1.807) is 0 Å². The average molecular weight is 127 g/mol. The van der Waals surface area contributed by atoms with Crippen molar-refractivity contribution in [3.05, 3.63) is 0 Å². The molecule has 1 heteroatoms. The van der Waals surface area contributed by atoms with Crippen LogP contribution in [0.1, 0.15) is 33.6 Å². The van der Waals surface area contributed by atoms with E-state index in [1.807, 2.05) is 20.8 Å². The van der Waals surface area contributed by atoms with E-state index in [2.05, 4.69) is 0 Å². The summed E-state index contributed by atoms with van der Waals surface area (Å²) in [7, 11) is 0. The largest absolute Gasteiger partial charge is 0.232 e.